The Bertz CT molecular complexity index is 1340. The molecule has 0 aliphatic carbocycles. The van der Waals surface area contributed by atoms with Crippen molar-refractivity contribution in [1.82, 2.24) is 30.8 Å². The number of anilines is 1. The summed E-state index contributed by atoms with van der Waals surface area (Å²) in [6, 6.07) is -0.842. The maximum absolute atomic E-state index is 13.0. The Kier molecular flexibility index (Phi) is 8.86. The zero-order chi connectivity index (χ0) is 27.9. The van der Waals surface area contributed by atoms with Crippen LogP contribution in [0.1, 0.15) is 12.6 Å². The molecule has 2 amide bonds. The zero-order valence-corrected chi connectivity index (χ0v) is 24.4. The van der Waals surface area contributed by atoms with E-state index in [1.807, 2.05) is 13.0 Å². The molecule has 216 valence electrons. The summed E-state index contributed by atoms with van der Waals surface area (Å²) < 4.78 is 0. The van der Waals surface area contributed by atoms with Gasteiger partial charge in [0.25, 0.3) is 5.91 Å². The Morgan fingerprint density at radius 3 is 2.88 bits per heavy atom. The van der Waals surface area contributed by atoms with Gasteiger partial charge in [-0.05, 0) is 13.0 Å². The van der Waals surface area contributed by atoms with Crippen LogP contribution < -0.4 is 16.6 Å². The van der Waals surface area contributed by atoms with Gasteiger partial charge < -0.3 is 31.0 Å². The third-order valence-electron chi connectivity index (χ3n) is 6.27. The molecule has 4 aliphatic heterocycles. The van der Waals surface area contributed by atoms with E-state index >= 15 is 0 Å². The molecule has 0 radical (unpaired) electrons. The molecule has 6 N–H and O–H groups in total. The number of fused-ring (bicyclic) bond motifs is 2. The number of allylic oxidation sites excluding steroid dienone is 1. The summed E-state index contributed by atoms with van der Waals surface area (Å²) in [5.74, 6) is -1.05. The number of aliphatic carboxylic acids is 1. The number of carboxylic acid groups (broad SMARTS) is 1. The third kappa shape index (κ3) is 5.46. The van der Waals surface area contributed by atoms with Gasteiger partial charge in [-0.1, -0.05) is 5.16 Å². The number of halogens is 1. The first-order valence-corrected chi connectivity index (χ1v) is 14.4. The summed E-state index contributed by atoms with van der Waals surface area (Å²) in [5.41, 5.74) is 8.26. The maximum atomic E-state index is 13.0. The fourth-order valence-electron chi connectivity index (χ4n) is 4.30. The summed E-state index contributed by atoms with van der Waals surface area (Å²) in [6.07, 6.45) is 3.46. The van der Waals surface area contributed by atoms with Crippen molar-refractivity contribution in [2.45, 2.75) is 18.3 Å². The summed E-state index contributed by atoms with van der Waals surface area (Å²) in [4.78, 5) is 53.2. The molecule has 4 aliphatic rings. The topological polar surface area (TPSA) is 198 Å². The molecule has 2 fully saturated rings. The molecular formula is C21H26ClN9O6S3. The first-order valence-electron chi connectivity index (χ1n) is 11.5. The van der Waals surface area contributed by atoms with Crippen LogP contribution in [0.25, 0.3) is 0 Å². The number of nitrogens with two attached hydrogens (primary N) is 1. The van der Waals surface area contributed by atoms with Crippen LogP contribution in [0, 0.1) is 5.41 Å². The van der Waals surface area contributed by atoms with Gasteiger partial charge in [-0.25, -0.2) is 15.0 Å². The van der Waals surface area contributed by atoms with Crippen molar-refractivity contribution in [3.63, 3.8) is 0 Å². The molecule has 1 aromatic rings. The number of oxime groups is 1. The highest BCUT2D eigenvalue weighted by molar-refractivity contribution is 8.03. The van der Waals surface area contributed by atoms with Gasteiger partial charge in [0.05, 0.1) is 11.2 Å². The number of nitrogens with zero attached hydrogens (tertiary/aromatic N) is 6. The maximum Gasteiger partial charge on any atom is 0.313 e. The molecule has 3 atom stereocenters. The van der Waals surface area contributed by atoms with Crippen LogP contribution in [-0.2, 0) is 19.2 Å². The number of thioether (sulfide) groups is 2. The number of aliphatic hydroxyl groups is 1. The number of hydrogen-bond acceptors (Lipinski definition) is 15. The van der Waals surface area contributed by atoms with E-state index in [1.165, 1.54) is 40.5 Å². The van der Waals surface area contributed by atoms with Crippen LogP contribution in [0.4, 0.5) is 5.13 Å². The lowest BCUT2D eigenvalue weighted by molar-refractivity contribution is -0.157. The van der Waals surface area contributed by atoms with E-state index in [-0.39, 0.29) is 59.6 Å². The van der Waals surface area contributed by atoms with E-state index < -0.39 is 28.7 Å². The van der Waals surface area contributed by atoms with E-state index in [2.05, 4.69) is 26.0 Å². The van der Waals surface area contributed by atoms with E-state index in [1.54, 1.807) is 16.6 Å². The number of nitrogen functional groups attached to an aromatic ring is 1. The molecule has 5 rings (SSSR count). The SMILES string of the molecule is CON=C(C(=O)NC1C(=O)N2CC(CSC3=CC(C)=NC4=CN(CO)NN43)(C(=O)O)CS[C@H]12)c1csc(N)n1.Cl. The third-order valence-corrected chi connectivity index (χ3v) is 9.82. The van der Waals surface area contributed by atoms with Crippen LogP contribution in [0.3, 0.4) is 0 Å². The second-order valence-electron chi connectivity index (χ2n) is 8.96. The quantitative estimate of drug-likeness (QED) is 0.137. The first kappa shape index (κ1) is 29.9. The normalized spacial score (nSPS) is 25.6. The van der Waals surface area contributed by atoms with Gasteiger partial charge >= 0.3 is 5.97 Å². The monoisotopic (exact) mass is 631 g/mol. The van der Waals surface area contributed by atoms with E-state index in [0.717, 1.165) is 17.0 Å². The number of rotatable bonds is 9. The average molecular weight is 632 g/mol. The van der Waals surface area contributed by atoms with Crippen LogP contribution in [-0.4, -0.2) is 103 Å². The van der Waals surface area contributed by atoms with Gasteiger partial charge in [-0.2, -0.15) is 0 Å². The lowest BCUT2D eigenvalue weighted by Gasteiger charge is -2.53. The van der Waals surface area contributed by atoms with Crippen molar-refractivity contribution in [2.24, 2.45) is 15.6 Å². The molecule has 19 heteroatoms. The average Bonchev–Trinajstić information content (AvgIpc) is 3.54. The minimum absolute atomic E-state index is 0. The predicted molar refractivity (Wildman–Crippen MR) is 153 cm³/mol. The molecule has 0 bridgehead atoms. The lowest BCUT2D eigenvalue weighted by Crippen LogP contribution is -2.74. The number of aliphatic imine (C=N–C) groups is 1. The van der Waals surface area contributed by atoms with Crippen molar-refractivity contribution < 1.29 is 29.4 Å². The Labute approximate surface area is 246 Å². The van der Waals surface area contributed by atoms with Gasteiger partial charge in [-0.15, -0.1) is 52.8 Å². The van der Waals surface area contributed by atoms with E-state index in [4.69, 9.17) is 10.6 Å². The lowest BCUT2D eigenvalue weighted by atomic mass is 9.89. The van der Waals surface area contributed by atoms with E-state index in [9.17, 15) is 24.6 Å². The van der Waals surface area contributed by atoms with Gasteiger partial charge in [0.2, 0.25) is 5.91 Å². The standard InChI is InChI=1S/C21H25N9O6S3.ClH/c1-10-3-13(30-12(23-10)4-28(9-31)27-30)38-7-21(19(34)35)6-29-17(33)15(18(29)39-8-21)25-16(32)14(26-36-2)11-5-37-20(22)24-11;/h3-5,15,18,27,31H,6-9H2,1-2H3,(H2,22,24)(H,25,32)(H,34,35);1H/t15?,18-,21?;/m1./s1. The number of hydrogen-bond donors (Lipinski definition) is 5. The molecule has 0 spiro atoms. The molecule has 5 heterocycles. The number of carbonyl (C=O) groups excluding carboxylic acids is 2. The number of thiazole rings is 1. The second-order valence-corrected chi connectivity index (χ2v) is 11.9. The Hall–Kier alpha value is -3.03. The number of amides is 2. The molecule has 1 aromatic heterocycles. The highest BCUT2D eigenvalue weighted by Crippen LogP contribution is 2.45. The summed E-state index contributed by atoms with van der Waals surface area (Å²) in [7, 11) is 1.29. The number of nitrogens with one attached hydrogen (secondary N) is 2. The molecular weight excluding hydrogens is 606 g/mol. The molecule has 0 aromatic carbocycles. The number of β-lactam (4-membered cyclic amide) rings is 1. The highest BCUT2D eigenvalue weighted by atomic mass is 35.5. The van der Waals surface area contributed by atoms with Crippen molar-refractivity contribution in [3.05, 3.63) is 34.2 Å². The number of hydrazine groups is 2. The van der Waals surface area contributed by atoms with Gasteiger partial charge in [0, 0.05) is 29.1 Å². The van der Waals surface area contributed by atoms with Gasteiger partial charge in [-0.3, -0.25) is 19.4 Å². The minimum Gasteiger partial charge on any atom is -0.481 e. The number of carboxylic acids is 1. The molecule has 0 saturated carbocycles. The number of aliphatic hydroxyl groups excluding tert-OH is 1. The van der Waals surface area contributed by atoms with Gasteiger partial charge in [0.15, 0.2) is 16.7 Å². The van der Waals surface area contributed by atoms with Crippen LogP contribution in [0.2, 0.25) is 0 Å². The van der Waals surface area contributed by atoms with Gasteiger partial charge in [0.1, 0.15) is 36.4 Å². The Morgan fingerprint density at radius 1 is 1.45 bits per heavy atom. The second kappa shape index (κ2) is 11.8. The highest BCUT2D eigenvalue weighted by Gasteiger charge is 2.57. The molecule has 15 nitrogen and oxygen atoms in total. The predicted octanol–water partition coefficient (Wildman–Crippen LogP) is -0.196. The van der Waals surface area contributed by atoms with Crippen molar-refractivity contribution in [2.75, 3.05) is 37.6 Å². The summed E-state index contributed by atoms with van der Waals surface area (Å²) >= 11 is 3.76. The van der Waals surface area contributed by atoms with Crippen molar-refractivity contribution in [1.29, 1.82) is 0 Å². The van der Waals surface area contributed by atoms with Crippen molar-refractivity contribution >= 4 is 81.6 Å². The van der Waals surface area contributed by atoms with Crippen molar-refractivity contribution in [3.8, 4) is 0 Å². The van der Waals surface area contributed by atoms with Crippen LogP contribution >= 0.6 is 47.3 Å². The first-order chi connectivity index (χ1) is 18.7. The van der Waals surface area contributed by atoms with E-state index in [0.29, 0.717) is 10.9 Å². The zero-order valence-electron chi connectivity index (χ0n) is 21.1. The Balaban J connectivity index is 0.00000370. The minimum atomic E-state index is -1.22. The summed E-state index contributed by atoms with van der Waals surface area (Å²) in [5, 5.41) is 31.3. The Morgan fingerprint density at radius 2 is 2.23 bits per heavy atom. The fourth-order valence-corrected chi connectivity index (χ4v) is 7.78. The molecule has 2 unspecified atom stereocenters. The number of carbonyl (C=O) groups is 3. The largest absolute Gasteiger partial charge is 0.481 e. The fraction of sp³-hybridized carbons (Fsp3) is 0.429. The van der Waals surface area contributed by atoms with Crippen LogP contribution in [0.15, 0.2) is 38.7 Å². The number of aromatic nitrogens is 1. The van der Waals surface area contributed by atoms with Crippen LogP contribution in [0.5, 0.6) is 0 Å². The molecule has 40 heavy (non-hydrogen) atoms. The smallest absolute Gasteiger partial charge is 0.313 e. The summed E-state index contributed by atoms with van der Waals surface area (Å²) in [6.45, 7) is 1.56. The molecule has 2 saturated heterocycles.